The lowest BCUT2D eigenvalue weighted by Crippen LogP contribution is -2.53. The van der Waals surface area contributed by atoms with Crippen molar-refractivity contribution >= 4 is 11.9 Å². The van der Waals surface area contributed by atoms with Crippen molar-refractivity contribution < 1.29 is 19.4 Å². The second-order valence-corrected chi connectivity index (χ2v) is 6.14. The average Bonchev–Trinajstić information content (AvgIpc) is 3.18. The van der Waals surface area contributed by atoms with E-state index in [2.05, 4.69) is 5.10 Å². The van der Waals surface area contributed by atoms with Crippen LogP contribution in [0.2, 0.25) is 0 Å². The third-order valence-electron chi connectivity index (χ3n) is 4.81. The van der Waals surface area contributed by atoms with Crippen LogP contribution in [0.4, 0.5) is 0 Å². The lowest BCUT2D eigenvalue weighted by atomic mass is 9.87. The van der Waals surface area contributed by atoms with Gasteiger partial charge >= 0.3 is 5.97 Å². The zero-order valence-electron chi connectivity index (χ0n) is 14.0. The van der Waals surface area contributed by atoms with Gasteiger partial charge in [0.15, 0.2) is 11.6 Å². The highest BCUT2D eigenvalue weighted by Crippen LogP contribution is 2.31. The Morgan fingerprint density at radius 1 is 1.20 bits per heavy atom. The van der Waals surface area contributed by atoms with Crippen LogP contribution in [0, 0.1) is 0 Å². The van der Waals surface area contributed by atoms with Gasteiger partial charge in [-0.3, -0.25) is 9.48 Å². The van der Waals surface area contributed by atoms with Crippen LogP contribution in [-0.2, 0) is 19.9 Å². The second-order valence-electron chi connectivity index (χ2n) is 6.14. The first kappa shape index (κ1) is 17.2. The summed E-state index contributed by atoms with van der Waals surface area (Å²) in [6.07, 6.45) is 3.16. The minimum absolute atomic E-state index is 0.145. The van der Waals surface area contributed by atoms with Crippen molar-refractivity contribution in [2.75, 3.05) is 20.2 Å². The van der Waals surface area contributed by atoms with Crippen LogP contribution in [0.1, 0.15) is 24.5 Å². The van der Waals surface area contributed by atoms with Gasteiger partial charge in [-0.1, -0.05) is 30.3 Å². The number of aromatic nitrogens is 2. The SMILES string of the molecule is COC(C(=O)N1CCC(C(=O)O)(n2cccn2)CC1)c1ccccc1. The number of likely N-dealkylation sites (tertiary alicyclic amines) is 1. The summed E-state index contributed by atoms with van der Waals surface area (Å²) in [4.78, 5) is 26.4. The maximum atomic E-state index is 12.8. The van der Waals surface area contributed by atoms with Crippen LogP contribution in [0.5, 0.6) is 0 Å². The Morgan fingerprint density at radius 2 is 1.88 bits per heavy atom. The van der Waals surface area contributed by atoms with E-state index in [4.69, 9.17) is 4.74 Å². The first-order valence-electron chi connectivity index (χ1n) is 8.18. The van der Waals surface area contributed by atoms with Crippen molar-refractivity contribution in [3.8, 4) is 0 Å². The van der Waals surface area contributed by atoms with Gasteiger partial charge in [-0.05, 0) is 11.6 Å². The Kier molecular flexibility index (Phi) is 4.85. The molecule has 132 valence electrons. The van der Waals surface area contributed by atoms with Crippen LogP contribution in [0.15, 0.2) is 48.8 Å². The summed E-state index contributed by atoms with van der Waals surface area (Å²) in [6.45, 7) is 0.690. The monoisotopic (exact) mass is 343 g/mol. The van der Waals surface area contributed by atoms with Crippen LogP contribution >= 0.6 is 0 Å². The number of rotatable bonds is 5. The highest BCUT2D eigenvalue weighted by molar-refractivity contribution is 5.83. The molecule has 1 aromatic carbocycles. The van der Waals surface area contributed by atoms with Gasteiger partial charge in [-0.2, -0.15) is 5.10 Å². The number of hydrogen-bond donors (Lipinski definition) is 1. The molecule has 2 aromatic rings. The molecule has 0 bridgehead atoms. The fraction of sp³-hybridized carbons (Fsp3) is 0.389. The quantitative estimate of drug-likeness (QED) is 0.893. The molecule has 25 heavy (non-hydrogen) atoms. The molecule has 0 radical (unpaired) electrons. The largest absolute Gasteiger partial charge is 0.479 e. The minimum atomic E-state index is -1.10. The molecular formula is C18H21N3O4. The van der Waals surface area contributed by atoms with Crippen LogP contribution < -0.4 is 0 Å². The number of carboxylic acid groups (broad SMARTS) is 1. The van der Waals surface area contributed by atoms with E-state index in [9.17, 15) is 14.7 Å². The van der Waals surface area contributed by atoms with E-state index in [1.807, 2.05) is 30.3 Å². The fourth-order valence-corrected chi connectivity index (χ4v) is 3.33. The first-order valence-corrected chi connectivity index (χ1v) is 8.18. The molecule has 1 fully saturated rings. The summed E-state index contributed by atoms with van der Waals surface area (Å²) in [7, 11) is 1.50. The molecule has 1 unspecified atom stereocenters. The second kappa shape index (κ2) is 7.06. The maximum absolute atomic E-state index is 12.8. The van der Waals surface area contributed by atoms with E-state index in [-0.39, 0.29) is 5.91 Å². The molecule has 7 nitrogen and oxygen atoms in total. The van der Waals surface area contributed by atoms with Crippen molar-refractivity contribution in [1.82, 2.24) is 14.7 Å². The topological polar surface area (TPSA) is 84.7 Å². The van der Waals surface area contributed by atoms with Crippen LogP contribution in [0.3, 0.4) is 0 Å². The molecule has 1 saturated heterocycles. The van der Waals surface area contributed by atoms with Gasteiger partial charge in [0.1, 0.15) is 0 Å². The van der Waals surface area contributed by atoms with Crippen molar-refractivity contribution in [2.45, 2.75) is 24.5 Å². The van der Waals surface area contributed by atoms with Crippen molar-refractivity contribution in [2.24, 2.45) is 0 Å². The van der Waals surface area contributed by atoms with Gasteiger partial charge in [0.2, 0.25) is 0 Å². The smallest absolute Gasteiger partial charge is 0.331 e. The number of carboxylic acids is 1. The van der Waals surface area contributed by atoms with Crippen LogP contribution in [-0.4, -0.2) is 51.9 Å². The summed E-state index contributed by atoms with van der Waals surface area (Å²) in [5, 5.41) is 13.8. The average molecular weight is 343 g/mol. The number of amides is 1. The molecular weight excluding hydrogens is 322 g/mol. The van der Waals surface area contributed by atoms with E-state index in [0.29, 0.717) is 25.9 Å². The Hall–Kier alpha value is -2.67. The lowest BCUT2D eigenvalue weighted by Gasteiger charge is -2.39. The summed E-state index contributed by atoms with van der Waals surface area (Å²) in [6, 6.07) is 11.0. The normalized spacial score (nSPS) is 17.9. The molecule has 1 amide bonds. The van der Waals surface area contributed by atoms with E-state index < -0.39 is 17.6 Å². The number of methoxy groups -OCH3 is 1. The Morgan fingerprint density at radius 3 is 2.40 bits per heavy atom. The molecule has 3 rings (SSSR count). The molecule has 1 aliphatic rings. The molecule has 1 N–H and O–H groups in total. The van der Waals surface area contributed by atoms with E-state index in [1.165, 1.54) is 11.8 Å². The van der Waals surface area contributed by atoms with Gasteiger partial charge in [-0.25, -0.2) is 4.79 Å². The number of piperidine rings is 1. The van der Waals surface area contributed by atoms with Gasteiger partial charge in [-0.15, -0.1) is 0 Å². The van der Waals surface area contributed by atoms with Crippen molar-refractivity contribution in [3.63, 3.8) is 0 Å². The number of aliphatic carboxylic acids is 1. The fourth-order valence-electron chi connectivity index (χ4n) is 3.33. The predicted molar refractivity (Wildman–Crippen MR) is 89.8 cm³/mol. The number of ether oxygens (including phenoxy) is 1. The lowest BCUT2D eigenvalue weighted by molar-refractivity contribution is -0.156. The third kappa shape index (κ3) is 3.15. The zero-order valence-corrected chi connectivity index (χ0v) is 14.0. The first-order chi connectivity index (χ1) is 12.1. The van der Waals surface area contributed by atoms with Gasteiger partial charge in [0, 0.05) is 45.4 Å². The van der Waals surface area contributed by atoms with Crippen LogP contribution in [0.25, 0.3) is 0 Å². The Labute approximate surface area is 145 Å². The van der Waals surface area contributed by atoms with Gasteiger partial charge in [0.05, 0.1) is 0 Å². The highest BCUT2D eigenvalue weighted by atomic mass is 16.5. The Bertz CT molecular complexity index is 722. The number of carbonyl (C=O) groups is 2. The number of hydrogen-bond acceptors (Lipinski definition) is 4. The summed E-state index contributed by atoms with van der Waals surface area (Å²) in [5.41, 5.74) is -0.313. The predicted octanol–water partition coefficient (Wildman–Crippen LogP) is 1.67. The zero-order chi connectivity index (χ0) is 17.9. The van der Waals surface area contributed by atoms with Crippen molar-refractivity contribution in [3.05, 3.63) is 54.4 Å². The molecule has 0 aliphatic carbocycles. The summed E-state index contributed by atoms with van der Waals surface area (Å²) in [5.74, 6) is -1.07. The standard InChI is InChI=1S/C18H21N3O4/c1-25-15(14-6-3-2-4-7-14)16(22)20-12-8-18(9-13-20,17(23)24)21-11-5-10-19-21/h2-7,10-11,15H,8-9,12-13H2,1H3,(H,23,24). The van der Waals surface area contributed by atoms with Gasteiger partial charge in [0.25, 0.3) is 5.91 Å². The molecule has 0 spiro atoms. The number of nitrogens with zero attached hydrogens (tertiary/aromatic N) is 3. The molecule has 0 saturated carbocycles. The summed E-state index contributed by atoms with van der Waals surface area (Å²) >= 11 is 0. The Balaban J connectivity index is 1.75. The third-order valence-corrected chi connectivity index (χ3v) is 4.81. The molecule has 2 heterocycles. The maximum Gasteiger partial charge on any atom is 0.331 e. The molecule has 7 heteroatoms. The van der Waals surface area contributed by atoms with E-state index in [1.54, 1.807) is 23.4 Å². The van der Waals surface area contributed by atoms with Crippen molar-refractivity contribution in [1.29, 1.82) is 0 Å². The minimum Gasteiger partial charge on any atom is -0.479 e. The summed E-state index contributed by atoms with van der Waals surface area (Å²) < 4.78 is 6.89. The molecule has 1 atom stereocenters. The van der Waals surface area contributed by atoms with E-state index >= 15 is 0 Å². The van der Waals surface area contributed by atoms with E-state index in [0.717, 1.165) is 5.56 Å². The highest BCUT2D eigenvalue weighted by Gasteiger charge is 2.45. The number of carbonyl (C=O) groups excluding carboxylic acids is 1. The van der Waals surface area contributed by atoms with Gasteiger partial charge < -0.3 is 14.7 Å². The molecule has 1 aromatic heterocycles. The molecule has 1 aliphatic heterocycles. The number of benzene rings is 1.